The van der Waals surface area contributed by atoms with Crippen LogP contribution in [0.4, 0.5) is 5.69 Å². The highest BCUT2D eigenvalue weighted by Crippen LogP contribution is 2.40. The first-order valence-electron chi connectivity index (χ1n) is 9.32. The molecule has 0 aromatic heterocycles. The maximum atomic E-state index is 13.0. The molecule has 2 rings (SSSR count). The van der Waals surface area contributed by atoms with Crippen LogP contribution in [0.25, 0.3) is 0 Å². The Bertz CT molecular complexity index is 885. The Morgan fingerprint density at radius 3 is 2.41 bits per heavy atom. The lowest BCUT2D eigenvalue weighted by Gasteiger charge is -2.31. The largest absolute Gasteiger partial charge is 0.460 e. The normalized spacial score (nSPS) is 16.7. The molecule has 8 heteroatoms. The molecule has 156 valence electrons. The highest BCUT2D eigenvalue weighted by Gasteiger charge is 2.38. The van der Waals surface area contributed by atoms with E-state index in [0.717, 1.165) is 0 Å². The lowest BCUT2D eigenvalue weighted by atomic mass is 9.57. The van der Waals surface area contributed by atoms with Crippen molar-refractivity contribution < 1.29 is 24.0 Å². The monoisotopic (exact) mass is 401 g/mol. The number of allylic oxidation sites excluding steroid dienone is 3. The van der Waals surface area contributed by atoms with Crippen molar-refractivity contribution in [2.24, 2.45) is 5.92 Å². The van der Waals surface area contributed by atoms with E-state index in [1.54, 1.807) is 39.8 Å². The predicted octanol–water partition coefficient (Wildman–Crippen LogP) is 3.24. The number of nitrogens with one attached hydrogen (secondary N) is 1. The molecule has 1 N–H and O–H groups in total. The van der Waals surface area contributed by atoms with Crippen molar-refractivity contribution in [2.75, 3.05) is 20.3 Å². The molecule has 1 aromatic carbocycles. The molecular formula is C21H26N2O6. The molecule has 1 aromatic rings. The van der Waals surface area contributed by atoms with Crippen molar-refractivity contribution in [3.05, 3.63) is 62.5 Å². The van der Waals surface area contributed by atoms with Crippen LogP contribution < -0.4 is 5.32 Å². The maximum Gasteiger partial charge on any atom is 0.336 e. The van der Waals surface area contributed by atoms with Gasteiger partial charge in [0.1, 0.15) is 6.61 Å². The summed E-state index contributed by atoms with van der Waals surface area (Å²) in [5.41, 5.74) is 2.20. The van der Waals surface area contributed by atoms with E-state index in [-0.39, 0.29) is 36.2 Å². The molecule has 0 saturated carbocycles. The predicted molar refractivity (Wildman–Crippen MR) is 107 cm³/mol. The number of dihydropyridines is 1. The van der Waals surface area contributed by atoms with Crippen LogP contribution in [-0.2, 0) is 19.1 Å². The van der Waals surface area contributed by atoms with Crippen molar-refractivity contribution in [3.8, 4) is 0 Å². The SMILES string of the molecule is COCCOC(=O)C1=C(C)NC(C)=C(C(=O)[11CH](C)C)[C@@H]1c1cccc([N+](=O)[O-])c1. The number of carbonyl (C=O) groups is 2. The van der Waals surface area contributed by atoms with Gasteiger partial charge in [-0.2, -0.15) is 0 Å². The maximum absolute atomic E-state index is 13.0. The molecular weight excluding hydrogens is 375 g/mol. The standard InChI is InChI=1S/C21H26N2O6/c1-12(2)20(24)17-13(3)22-14(4)18(21(25)29-10-9-28-5)19(17)15-7-6-8-16(11-15)23(26)27/h6-8,11-12,19,22H,9-10H2,1-5H3/t19-/m0/s1/i12-1. The summed E-state index contributed by atoms with van der Waals surface area (Å²) in [6, 6.07) is 6.00. The third kappa shape index (κ3) is 4.89. The van der Waals surface area contributed by atoms with Gasteiger partial charge in [-0.25, -0.2) is 4.79 Å². The smallest absolute Gasteiger partial charge is 0.336 e. The van der Waals surface area contributed by atoms with E-state index >= 15 is 0 Å². The average Bonchev–Trinajstić information content (AvgIpc) is 2.67. The number of ketones is 1. The third-order valence-corrected chi connectivity index (χ3v) is 4.71. The zero-order chi connectivity index (χ0) is 21.7. The lowest BCUT2D eigenvalue weighted by molar-refractivity contribution is -0.384. The fourth-order valence-corrected chi connectivity index (χ4v) is 3.35. The third-order valence-electron chi connectivity index (χ3n) is 4.71. The van der Waals surface area contributed by atoms with Gasteiger partial charge in [0, 0.05) is 48.0 Å². The van der Waals surface area contributed by atoms with E-state index in [1.807, 2.05) is 0 Å². The fraction of sp³-hybridized carbons (Fsp3) is 0.429. The minimum absolute atomic E-state index is 0.0595. The Labute approximate surface area is 169 Å². The van der Waals surface area contributed by atoms with Gasteiger partial charge in [0.05, 0.1) is 17.1 Å². The second kappa shape index (κ2) is 9.47. The number of hydrogen-bond donors (Lipinski definition) is 1. The van der Waals surface area contributed by atoms with Crippen molar-refractivity contribution in [2.45, 2.75) is 33.6 Å². The minimum atomic E-state index is -0.763. The lowest BCUT2D eigenvalue weighted by Crippen LogP contribution is -2.33. The highest BCUT2D eigenvalue weighted by atomic mass is 16.6. The number of rotatable bonds is 8. The molecule has 0 amide bonds. The van der Waals surface area contributed by atoms with Crippen molar-refractivity contribution in [3.63, 3.8) is 0 Å². The summed E-state index contributed by atoms with van der Waals surface area (Å²) in [6.45, 7) is 7.32. The number of esters is 1. The van der Waals surface area contributed by atoms with E-state index < -0.39 is 16.8 Å². The summed E-state index contributed by atoms with van der Waals surface area (Å²) in [7, 11) is 1.50. The quantitative estimate of drug-likeness (QED) is 0.308. The van der Waals surface area contributed by atoms with Crippen LogP contribution in [0, 0.1) is 16.0 Å². The zero-order valence-corrected chi connectivity index (χ0v) is 17.3. The van der Waals surface area contributed by atoms with Crippen LogP contribution in [0.1, 0.15) is 39.2 Å². The summed E-state index contributed by atoms with van der Waals surface area (Å²) in [6.07, 6.45) is 0. The number of non-ortho nitro benzene ring substituents is 1. The van der Waals surface area contributed by atoms with Crippen molar-refractivity contribution in [1.82, 2.24) is 5.32 Å². The Morgan fingerprint density at radius 2 is 1.83 bits per heavy atom. The minimum Gasteiger partial charge on any atom is -0.460 e. The van der Waals surface area contributed by atoms with Crippen LogP contribution in [0.5, 0.6) is 0 Å². The number of methoxy groups -OCH3 is 1. The Morgan fingerprint density at radius 1 is 1.17 bits per heavy atom. The van der Waals surface area contributed by atoms with Crippen LogP contribution in [0.3, 0.4) is 0 Å². The van der Waals surface area contributed by atoms with Gasteiger partial charge < -0.3 is 14.8 Å². The second-order valence-corrected chi connectivity index (χ2v) is 7.14. The molecule has 0 spiro atoms. The molecule has 1 aliphatic heterocycles. The van der Waals surface area contributed by atoms with Crippen LogP contribution in [-0.4, -0.2) is 37.0 Å². The van der Waals surface area contributed by atoms with Gasteiger partial charge in [-0.1, -0.05) is 26.0 Å². The molecule has 0 saturated heterocycles. The highest BCUT2D eigenvalue weighted by molar-refractivity contribution is 6.04. The van der Waals surface area contributed by atoms with Gasteiger partial charge in [0.25, 0.3) is 5.69 Å². The zero-order valence-electron chi connectivity index (χ0n) is 17.3. The molecule has 8 nitrogen and oxygen atoms in total. The number of Topliss-reactive ketones (excluding diaryl/α,β-unsaturated/α-hetero) is 1. The van der Waals surface area contributed by atoms with Gasteiger partial charge in [0.15, 0.2) is 5.78 Å². The topological polar surface area (TPSA) is 108 Å². The molecule has 0 fully saturated rings. The number of carbonyl (C=O) groups excluding carboxylic acids is 2. The van der Waals surface area contributed by atoms with E-state index in [4.69, 9.17) is 9.47 Å². The average molecular weight is 401 g/mol. The molecule has 1 heterocycles. The first kappa shape index (κ1) is 22.3. The van der Waals surface area contributed by atoms with E-state index in [2.05, 4.69) is 5.32 Å². The van der Waals surface area contributed by atoms with Gasteiger partial charge in [-0.15, -0.1) is 0 Å². The van der Waals surface area contributed by atoms with Crippen LogP contribution in [0.15, 0.2) is 46.8 Å². The van der Waals surface area contributed by atoms with Crippen molar-refractivity contribution >= 4 is 17.4 Å². The van der Waals surface area contributed by atoms with Crippen molar-refractivity contribution in [1.29, 1.82) is 0 Å². The molecule has 0 unspecified atom stereocenters. The van der Waals surface area contributed by atoms with E-state index in [9.17, 15) is 19.7 Å². The molecule has 0 radical (unpaired) electrons. The van der Waals surface area contributed by atoms with Gasteiger partial charge >= 0.3 is 5.97 Å². The van der Waals surface area contributed by atoms with Gasteiger partial charge in [-0.05, 0) is 19.4 Å². The molecule has 1 aliphatic rings. The molecule has 0 bridgehead atoms. The Hall–Kier alpha value is -3.00. The number of hydrogen-bond acceptors (Lipinski definition) is 7. The molecule has 29 heavy (non-hydrogen) atoms. The first-order valence-corrected chi connectivity index (χ1v) is 9.32. The number of nitro benzene ring substituents is 1. The van der Waals surface area contributed by atoms with Crippen LogP contribution >= 0.6 is 0 Å². The summed E-state index contributed by atoms with van der Waals surface area (Å²) in [4.78, 5) is 36.7. The van der Waals surface area contributed by atoms with E-state index in [1.165, 1.54) is 19.2 Å². The summed E-state index contributed by atoms with van der Waals surface area (Å²) < 4.78 is 10.2. The van der Waals surface area contributed by atoms with Crippen LogP contribution in [0.2, 0.25) is 0 Å². The second-order valence-electron chi connectivity index (χ2n) is 7.14. The fourth-order valence-electron chi connectivity index (χ4n) is 3.35. The van der Waals surface area contributed by atoms with Gasteiger partial charge in [-0.3, -0.25) is 14.9 Å². The Kier molecular flexibility index (Phi) is 7.28. The van der Waals surface area contributed by atoms with Gasteiger partial charge in [0.2, 0.25) is 0 Å². The number of ether oxygens (including phenoxy) is 2. The summed E-state index contributed by atoms with van der Waals surface area (Å²) in [5.74, 6) is -1.81. The number of nitro groups is 1. The number of nitrogens with zero attached hydrogens (tertiary/aromatic N) is 1. The first-order chi connectivity index (χ1) is 13.7. The summed E-state index contributed by atoms with van der Waals surface area (Å²) in [5, 5.41) is 14.4. The molecule has 1 atom stereocenters. The molecule has 0 aliphatic carbocycles. The number of benzene rings is 1. The summed E-state index contributed by atoms with van der Waals surface area (Å²) >= 11 is 0. The van der Waals surface area contributed by atoms with E-state index in [0.29, 0.717) is 22.5 Å². The Balaban J connectivity index is 2.63.